The molecule has 8 nitrogen and oxygen atoms in total. The molecule has 0 aliphatic heterocycles. The Morgan fingerprint density at radius 1 is 1.08 bits per heavy atom. The Kier molecular flexibility index (Phi) is 6.94. The summed E-state index contributed by atoms with van der Waals surface area (Å²) in [6.07, 6.45) is 0.415. The van der Waals surface area contributed by atoms with Gasteiger partial charge < -0.3 is 20.7 Å². The second-order valence-electron chi connectivity index (χ2n) is 7.81. The van der Waals surface area contributed by atoms with Gasteiger partial charge in [-0.25, -0.2) is 0 Å². The van der Waals surface area contributed by atoms with E-state index in [1.807, 2.05) is 34.6 Å². The van der Waals surface area contributed by atoms with Crippen molar-refractivity contribution < 1.29 is 14.3 Å². The highest BCUT2D eigenvalue weighted by Gasteiger charge is 2.35. The van der Waals surface area contributed by atoms with E-state index in [1.165, 1.54) is 14.2 Å². The zero-order valence-corrected chi connectivity index (χ0v) is 16.5. The first-order valence-electron chi connectivity index (χ1n) is 8.59. The second-order valence-corrected chi connectivity index (χ2v) is 7.81. The molecule has 0 fully saturated rings. The third-order valence-corrected chi connectivity index (χ3v) is 4.07. The minimum absolute atomic E-state index is 0.00514. The van der Waals surface area contributed by atoms with E-state index in [0.29, 0.717) is 6.42 Å². The summed E-state index contributed by atoms with van der Waals surface area (Å²) < 4.78 is 4.91. The molecule has 0 spiro atoms. The molecule has 146 valence electrons. The van der Waals surface area contributed by atoms with Gasteiger partial charge in [-0.05, 0) is 17.8 Å². The third-order valence-electron chi connectivity index (χ3n) is 4.07. The Hall–Kier alpha value is -2.38. The number of amides is 2. The lowest BCUT2D eigenvalue weighted by Gasteiger charge is -2.32. The summed E-state index contributed by atoms with van der Waals surface area (Å²) >= 11 is 0. The van der Waals surface area contributed by atoms with Gasteiger partial charge in [-0.3, -0.25) is 19.2 Å². The first kappa shape index (κ1) is 21.7. The van der Waals surface area contributed by atoms with Crippen LogP contribution in [0, 0.1) is 11.3 Å². The van der Waals surface area contributed by atoms with Crippen LogP contribution in [-0.4, -0.2) is 38.1 Å². The van der Waals surface area contributed by atoms with Gasteiger partial charge in [0.2, 0.25) is 11.8 Å². The second kappa shape index (κ2) is 8.33. The Morgan fingerprint density at radius 2 is 1.65 bits per heavy atom. The highest BCUT2D eigenvalue weighted by Crippen LogP contribution is 2.22. The summed E-state index contributed by atoms with van der Waals surface area (Å²) in [5, 5.41) is 8.12. The van der Waals surface area contributed by atoms with Crippen LogP contribution in [0.3, 0.4) is 0 Å². The Bertz CT molecular complexity index is 726. The van der Waals surface area contributed by atoms with Gasteiger partial charge in [-0.15, -0.1) is 0 Å². The number of methoxy groups -OCH3 is 1. The van der Waals surface area contributed by atoms with E-state index in [2.05, 4.69) is 16.0 Å². The van der Waals surface area contributed by atoms with Crippen molar-refractivity contribution in [2.45, 2.75) is 53.1 Å². The largest absolute Gasteiger partial charge is 0.491 e. The van der Waals surface area contributed by atoms with Crippen molar-refractivity contribution in [1.82, 2.24) is 10.6 Å². The van der Waals surface area contributed by atoms with Gasteiger partial charge in [0, 0.05) is 7.05 Å². The predicted octanol–water partition coefficient (Wildman–Crippen LogP) is 0.395. The van der Waals surface area contributed by atoms with Crippen LogP contribution in [0.1, 0.15) is 41.0 Å². The van der Waals surface area contributed by atoms with Crippen molar-refractivity contribution in [3.63, 3.8) is 0 Å². The van der Waals surface area contributed by atoms with Crippen molar-refractivity contribution in [3.05, 3.63) is 20.4 Å². The first-order valence-corrected chi connectivity index (χ1v) is 8.59. The molecule has 0 saturated carbocycles. The fourth-order valence-electron chi connectivity index (χ4n) is 2.64. The Balaban J connectivity index is 3.06. The number of anilines is 1. The summed E-state index contributed by atoms with van der Waals surface area (Å²) in [5.41, 5.74) is -1.92. The van der Waals surface area contributed by atoms with Crippen molar-refractivity contribution in [2.75, 3.05) is 19.5 Å². The molecule has 0 heterocycles. The van der Waals surface area contributed by atoms with E-state index in [4.69, 9.17) is 4.74 Å². The van der Waals surface area contributed by atoms with Gasteiger partial charge in [-0.1, -0.05) is 34.6 Å². The summed E-state index contributed by atoms with van der Waals surface area (Å²) in [5.74, 6) is -0.655. The molecule has 0 aromatic heterocycles. The molecule has 8 heteroatoms. The topological polar surface area (TPSA) is 114 Å². The molecule has 0 bridgehead atoms. The molecule has 1 rings (SSSR count). The molecule has 1 aromatic rings. The van der Waals surface area contributed by atoms with E-state index in [9.17, 15) is 19.2 Å². The van der Waals surface area contributed by atoms with Gasteiger partial charge in [0.15, 0.2) is 5.75 Å². The molecule has 0 saturated heterocycles. The fourth-order valence-corrected chi connectivity index (χ4v) is 2.64. The maximum atomic E-state index is 12.8. The average molecular weight is 367 g/mol. The molecule has 0 aliphatic rings. The number of carbonyl (C=O) groups excluding carboxylic acids is 2. The highest BCUT2D eigenvalue weighted by molar-refractivity contribution is 5.91. The summed E-state index contributed by atoms with van der Waals surface area (Å²) in [6, 6.07) is -1.52. The molecule has 2 atom stereocenters. The SMILES string of the molecule is CNC(=O)[C@@H](NC(=O)[C@H](CC(C)C)Nc1c(OC)c(=O)c1=O)C(C)(C)C. The molecule has 0 unspecified atom stereocenters. The number of rotatable bonds is 8. The Morgan fingerprint density at radius 3 is 2.08 bits per heavy atom. The zero-order valence-electron chi connectivity index (χ0n) is 16.5. The molecule has 0 radical (unpaired) electrons. The monoisotopic (exact) mass is 367 g/mol. The number of hydrogen-bond donors (Lipinski definition) is 3. The number of likely N-dealkylation sites (N-methyl/N-ethyl adjacent to an activating group) is 1. The standard InChI is InChI=1S/C18H29N3O5/c1-9(2)8-10(20-11-12(22)13(23)14(11)26-7)16(24)21-15(17(25)19-6)18(3,4)5/h9-10,15,20H,8H2,1-7H3,(H,19,25)(H,21,24)/t10-,15+/m0/s1. The number of nitrogens with one attached hydrogen (secondary N) is 3. The highest BCUT2D eigenvalue weighted by atomic mass is 16.5. The maximum Gasteiger partial charge on any atom is 0.271 e. The number of ether oxygens (including phenoxy) is 1. The van der Waals surface area contributed by atoms with Crippen LogP contribution in [0.2, 0.25) is 0 Å². The lowest BCUT2D eigenvalue weighted by Crippen LogP contribution is -2.56. The quantitative estimate of drug-likeness (QED) is 0.573. The smallest absolute Gasteiger partial charge is 0.271 e. The van der Waals surface area contributed by atoms with E-state index in [1.54, 1.807) is 0 Å². The van der Waals surface area contributed by atoms with Crippen LogP contribution in [-0.2, 0) is 9.59 Å². The molecular formula is C18H29N3O5. The summed E-state index contributed by atoms with van der Waals surface area (Å²) in [6.45, 7) is 9.40. The maximum absolute atomic E-state index is 12.8. The lowest BCUT2D eigenvalue weighted by atomic mass is 9.85. The van der Waals surface area contributed by atoms with E-state index in [0.717, 1.165) is 0 Å². The first-order chi connectivity index (χ1) is 11.9. The summed E-state index contributed by atoms with van der Waals surface area (Å²) in [4.78, 5) is 48.2. The van der Waals surface area contributed by atoms with Crippen molar-refractivity contribution >= 4 is 17.5 Å². The van der Waals surface area contributed by atoms with E-state index >= 15 is 0 Å². The Labute approximate surface area is 153 Å². The van der Waals surface area contributed by atoms with E-state index in [-0.39, 0.29) is 23.3 Å². The van der Waals surface area contributed by atoms with Crippen LogP contribution in [0.25, 0.3) is 0 Å². The normalized spacial score (nSPS) is 14.0. The van der Waals surface area contributed by atoms with Crippen LogP contribution in [0.15, 0.2) is 9.59 Å². The fraction of sp³-hybridized carbons (Fsp3) is 0.667. The minimum Gasteiger partial charge on any atom is -0.491 e. The number of carbonyl (C=O) groups is 2. The van der Waals surface area contributed by atoms with Gasteiger partial charge in [0.25, 0.3) is 10.9 Å². The zero-order chi connectivity index (χ0) is 20.2. The van der Waals surface area contributed by atoms with Crippen LogP contribution in [0.5, 0.6) is 5.75 Å². The van der Waals surface area contributed by atoms with E-state index < -0.39 is 34.3 Å². The van der Waals surface area contributed by atoms with Gasteiger partial charge in [-0.2, -0.15) is 0 Å². The molecule has 1 aromatic carbocycles. The van der Waals surface area contributed by atoms with Gasteiger partial charge in [0.05, 0.1) is 7.11 Å². The van der Waals surface area contributed by atoms with Crippen LogP contribution in [0.4, 0.5) is 5.69 Å². The molecule has 26 heavy (non-hydrogen) atoms. The van der Waals surface area contributed by atoms with Crippen molar-refractivity contribution in [2.24, 2.45) is 11.3 Å². The lowest BCUT2D eigenvalue weighted by molar-refractivity contribution is -0.131. The minimum atomic E-state index is -0.776. The predicted molar refractivity (Wildman–Crippen MR) is 100 cm³/mol. The number of hydrogen-bond acceptors (Lipinski definition) is 6. The molecule has 2 amide bonds. The molecule has 0 aliphatic carbocycles. The third kappa shape index (κ3) is 4.83. The average Bonchev–Trinajstić information content (AvgIpc) is 2.55. The van der Waals surface area contributed by atoms with Crippen LogP contribution >= 0.6 is 0 Å². The van der Waals surface area contributed by atoms with Gasteiger partial charge in [0.1, 0.15) is 17.8 Å². The summed E-state index contributed by atoms with van der Waals surface area (Å²) in [7, 11) is 2.80. The molecule has 3 N–H and O–H groups in total. The van der Waals surface area contributed by atoms with Crippen molar-refractivity contribution in [1.29, 1.82) is 0 Å². The van der Waals surface area contributed by atoms with Crippen molar-refractivity contribution in [3.8, 4) is 5.75 Å². The van der Waals surface area contributed by atoms with Crippen LogP contribution < -0.4 is 31.5 Å². The molecular weight excluding hydrogens is 338 g/mol. The van der Waals surface area contributed by atoms with Gasteiger partial charge >= 0.3 is 0 Å².